The molecule has 0 fully saturated rings. The maximum Gasteiger partial charge on any atom is 0.326 e. The molecule has 0 aliphatic rings. The van der Waals surface area contributed by atoms with Gasteiger partial charge >= 0.3 is 5.97 Å². The van der Waals surface area contributed by atoms with Crippen LogP contribution in [0.15, 0.2) is 23.1 Å². The van der Waals surface area contributed by atoms with Gasteiger partial charge < -0.3 is 20.7 Å². The highest BCUT2D eigenvalue weighted by molar-refractivity contribution is 6.30. The summed E-state index contributed by atoms with van der Waals surface area (Å²) in [5, 5.41) is 11.5. The molecule has 1 unspecified atom stereocenters. The highest BCUT2D eigenvalue weighted by atomic mass is 35.5. The first kappa shape index (κ1) is 17.7. The number of carbonyl (C=O) groups excluding carboxylic acids is 2. The maximum absolute atomic E-state index is 11.6. The smallest absolute Gasteiger partial charge is 0.326 e. The molecule has 8 nitrogen and oxygen atoms in total. The molecule has 0 saturated carbocycles. The molecule has 4 N–H and O–H groups in total. The normalized spacial score (nSPS) is 11.7. The van der Waals surface area contributed by atoms with Gasteiger partial charge in [-0.3, -0.25) is 14.4 Å². The second-order valence-electron chi connectivity index (χ2n) is 4.61. The van der Waals surface area contributed by atoms with Crippen molar-refractivity contribution < 1.29 is 19.5 Å². The summed E-state index contributed by atoms with van der Waals surface area (Å²) in [4.78, 5) is 44.7. The molecule has 0 aliphatic heterocycles. The monoisotopic (exact) mass is 329 g/mol. The average molecular weight is 330 g/mol. The molecule has 1 aromatic rings. The van der Waals surface area contributed by atoms with Crippen LogP contribution in [0.25, 0.3) is 0 Å². The van der Waals surface area contributed by atoms with Crippen molar-refractivity contribution in [1.29, 1.82) is 0 Å². The average Bonchev–Trinajstić information content (AvgIpc) is 2.41. The summed E-state index contributed by atoms with van der Waals surface area (Å²) in [7, 11) is 0. The number of halogens is 1. The van der Waals surface area contributed by atoms with Gasteiger partial charge in [-0.1, -0.05) is 11.6 Å². The molecule has 1 heterocycles. The van der Waals surface area contributed by atoms with Crippen molar-refractivity contribution in [3.63, 3.8) is 0 Å². The van der Waals surface area contributed by atoms with E-state index in [0.717, 1.165) is 0 Å². The highest BCUT2D eigenvalue weighted by Crippen LogP contribution is 2.04. The van der Waals surface area contributed by atoms with E-state index in [1.54, 1.807) is 0 Å². The summed E-state index contributed by atoms with van der Waals surface area (Å²) >= 11 is 5.76. The fourth-order valence-corrected chi connectivity index (χ4v) is 1.94. The number of nitrogens with zero attached hydrogens (tertiary/aromatic N) is 1. The Labute approximate surface area is 130 Å². The van der Waals surface area contributed by atoms with Crippen molar-refractivity contribution in [3.05, 3.63) is 33.7 Å². The van der Waals surface area contributed by atoms with Crippen LogP contribution in [-0.2, 0) is 20.9 Å². The zero-order chi connectivity index (χ0) is 16.7. The van der Waals surface area contributed by atoms with Crippen LogP contribution in [0.4, 0.5) is 0 Å². The van der Waals surface area contributed by atoms with Gasteiger partial charge in [0.25, 0.3) is 5.56 Å². The number of nitrogens with one attached hydrogen (secondary N) is 1. The zero-order valence-electron chi connectivity index (χ0n) is 11.6. The first-order valence-electron chi connectivity index (χ1n) is 6.46. The third kappa shape index (κ3) is 5.96. The molecule has 2 amide bonds. The minimum absolute atomic E-state index is 0.00148. The summed E-state index contributed by atoms with van der Waals surface area (Å²) in [6.07, 6.45) is 1.29. The van der Waals surface area contributed by atoms with Gasteiger partial charge in [0.2, 0.25) is 11.8 Å². The van der Waals surface area contributed by atoms with Crippen LogP contribution in [0, 0.1) is 0 Å². The molecule has 0 saturated heterocycles. The Balaban J connectivity index is 2.48. The number of rotatable bonds is 8. The van der Waals surface area contributed by atoms with E-state index in [-0.39, 0.29) is 18.5 Å². The number of aliphatic carboxylic acids is 1. The molecule has 0 bridgehead atoms. The Morgan fingerprint density at radius 1 is 1.36 bits per heavy atom. The number of carboxylic acids is 1. The number of amides is 2. The molecular formula is C13H16ClN3O5. The second kappa shape index (κ2) is 8.18. The Morgan fingerprint density at radius 3 is 2.64 bits per heavy atom. The molecule has 9 heteroatoms. The first-order valence-corrected chi connectivity index (χ1v) is 6.84. The van der Waals surface area contributed by atoms with Crippen LogP contribution in [0.1, 0.15) is 19.3 Å². The Morgan fingerprint density at radius 2 is 2.05 bits per heavy atom. The Kier molecular flexibility index (Phi) is 6.58. The molecule has 22 heavy (non-hydrogen) atoms. The third-order valence-electron chi connectivity index (χ3n) is 2.79. The molecule has 0 aliphatic carbocycles. The van der Waals surface area contributed by atoms with Crippen LogP contribution >= 0.6 is 11.6 Å². The first-order chi connectivity index (χ1) is 10.3. The minimum atomic E-state index is -1.35. The van der Waals surface area contributed by atoms with Crippen molar-refractivity contribution in [1.82, 2.24) is 9.88 Å². The lowest BCUT2D eigenvalue weighted by molar-refractivity contribution is -0.143. The number of aromatic nitrogens is 1. The van der Waals surface area contributed by atoms with Crippen molar-refractivity contribution in [3.8, 4) is 0 Å². The summed E-state index contributed by atoms with van der Waals surface area (Å²) < 4.78 is 1.35. The van der Waals surface area contributed by atoms with E-state index in [1.807, 2.05) is 0 Å². The van der Waals surface area contributed by atoms with E-state index in [9.17, 15) is 19.2 Å². The molecule has 0 radical (unpaired) electrons. The number of carboxylic acid groups (broad SMARTS) is 1. The SMILES string of the molecule is NC(=O)CC(NC(=O)CCCn1cc(Cl)ccc1=O)C(=O)O. The van der Waals surface area contributed by atoms with Gasteiger partial charge in [-0.15, -0.1) is 0 Å². The van der Waals surface area contributed by atoms with Crippen LogP contribution in [0.3, 0.4) is 0 Å². The fourth-order valence-electron chi connectivity index (χ4n) is 1.75. The molecule has 0 spiro atoms. The lowest BCUT2D eigenvalue weighted by atomic mass is 10.2. The van der Waals surface area contributed by atoms with Crippen LogP contribution in [0.2, 0.25) is 5.02 Å². The quantitative estimate of drug-likeness (QED) is 0.604. The number of carbonyl (C=O) groups is 3. The summed E-state index contributed by atoms with van der Waals surface area (Å²) in [5.74, 6) is -2.69. The summed E-state index contributed by atoms with van der Waals surface area (Å²) in [6.45, 7) is 0.264. The van der Waals surface area contributed by atoms with Crippen LogP contribution in [-0.4, -0.2) is 33.5 Å². The van der Waals surface area contributed by atoms with E-state index in [0.29, 0.717) is 11.4 Å². The van der Waals surface area contributed by atoms with Gasteiger partial charge in [-0.2, -0.15) is 0 Å². The fraction of sp³-hybridized carbons (Fsp3) is 0.385. The minimum Gasteiger partial charge on any atom is -0.480 e. The standard InChI is InChI=1S/C13H16ClN3O5/c14-8-3-4-12(20)17(7-8)5-1-2-11(19)16-9(13(21)22)6-10(15)18/h3-4,7,9H,1-2,5-6H2,(H2,15,18)(H,16,19)(H,21,22). The topological polar surface area (TPSA) is 131 Å². The van der Waals surface area contributed by atoms with Gasteiger partial charge in [0.05, 0.1) is 11.4 Å². The molecule has 120 valence electrons. The molecule has 1 aromatic heterocycles. The van der Waals surface area contributed by atoms with Gasteiger partial charge in [0, 0.05) is 25.2 Å². The summed E-state index contributed by atoms with van der Waals surface area (Å²) in [5.41, 5.74) is 4.66. The number of primary amides is 1. The lowest BCUT2D eigenvalue weighted by Crippen LogP contribution is -2.43. The van der Waals surface area contributed by atoms with E-state index in [4.69, 9.17) is 22.4 Å². The number of nitrogens with two attached hydrogens (primary N) is 1. The predicted octanol–water partition coefficient (Wildman–Crippen LogP) is -0.273. The van der Waals surface area contributed by atoms with Crippen molar-refractivity contribution in [2.45, 2.75) is 31.8 Å². The van der Waals surface area contributed by atoms with Gasteiger partial charge in [0.15, 0.2) is 0 Å². The van der Waals surface area contributed by atoms with E-state index in [1.165, 1.54) is 22.9 Å². The number of aryl methyl sites for hydroxylation is 1. The number of hydrogen-bond acceptors (Lipinski definition) is 4. The largest absolute Gasteiger partial charge is 0.480 e. The second-order valence-corrected chi connectivity index (χ2v) is 5.05. The van der Waals surface area contributed by atoms with Crippen molar-refractivity contribution in [2.24, 2.45) is 5.73 Å². The zero-order valence-corrected chi connectivity index (χ0v) is 12.4. The van der Waals surface area contributed by atoms with Crippen molar-refractivity contribution >= 4 is 29.4 Å². The van der Waals surface area contributed by atoms with E-state index < -0.39 is 30.2 Å². The Hall–Kier alpha value is -2.35. The van der Waals surface area contributed by atoms with Crippen molar-refractivity contribution in [2.75, 3.05) is 0 Å². The van der Waals surface area contributed by atoms with E-state index in [2.05, 4.69) is 5.32 Å². The molecule has 1 atom stereocenters. The van der Waals surface area contributed by atoms with E-state index >= 15 is 0 Å². The van der Waals surface area contributed by atoms with Gasteiger partial charge in [-0.25, -0.2) is 4.79 Å². The lowest BCUT2D eigenvalue weighted by Gasteiger charge is -2.13. The predicted molar refractivity (Wildman–Crippen MR) is 78.3 cm³/mol. The number of hydrogen-bond donors (Lipinski definition) is 3. The molecule has 0 aromatic carbocycles. The van der Waals surface area contributed by atoms with Gasteiger partial charge in [0.1, 0.15) is 6.04 Å². The molecular weight excluding hydrogens is 314 g/mol. The highest BCUT2D eigenvalue weighted by Gasteiger charge is 2.21. The number of pyridine rings is 1. The van der Waals surface area contributed by atoms with Crippen LogP contribution in [0.5, 0.6) is 0 Å². The Bertz CT molecular complexity index is 628. The van der Waals surface area contributed by atoms with Gasteiger partial charge in [-0.05, 0) is 12.5 Å². The molecule has 1 rings (SSSR count). The third-order valence-corrected chi connectivity index (χ3v) is 3.01. The van der Waals surface area contributed by atoms with Crippen LogP contribution < -0.4 is 16.6 Å². The maximum atomic E-state index is 11.6. The summed E-state index contributed by atoms with van der Waals surface area (Å²) in [6, 6.07) is 1.43.